The zero-order valence-corrected chi connectivity index (χ0v) is 25.0. The second kappa shape index (κ2) is 16.7. The van der Waals surface area contributed by atoms with Crippen molar-refractivity contribution in [1.82, 2.24) is 16.0 Å². The molecule has 0 aromatic heterocycles. The molecule has 2 aliphatic rings. The Kier molecular flexibility index (Phi) is 13.4. The minimum absolute atomic E-state index is 0.111. The van der Waals surface area contributed by atoms with Crippen LogP contribution in [0, 0.1) is 17.9 Å². The molecular formula is C32H51N4O4+. The molecule has 1 aromatic carbocycles. The minimum Gasteiger partial charge on any atom is -0.504 e. The Balaban J connectivity index is 1.57. The molecule has 40 heavy (non-hydrogen) atoms. The van der Waals surface area contributed by atoms with Crippen LogP contribution in [0.3, 0.4) is 0 Å². The Hall–Kier alpha value is -2.49. The Morgan fingerprint density at radius 2 is 2.02 bits per heavy atom. The highest BCUT2D eigenvalue weighted by molar-refractivity contribution is 5.83. The molecule has 6 N–H and O–H groups in total. The molecule has 0 saturated carbocycles. The van der Waals surface area contributed by atoms with Crippen LogP contribution < -0.4 is 20.7 Å². The molecule has 8 nitrogen and oxygen atoms in total. The second-order valence-corrected chi connectivity index (χ2v) is 10.9. The molecule has 0 aliphatic carbocycles. The van der Waals surface area contributed by atoms with Crippen LogP contribution in [0.2, 0.25) is 0 Å². The standard InChI is InChI=1S/C32H50N4O4/c1-6-8-9-26-13-14-27(40-26)12-10-24-11-15-31(38)32(16-24)39-21-30(34-7-2)28-17-25(19-36-28)23(4)29(20-33-5)35-18-22(3)37/h11,13-17,19,22-23,26,29-30,33-35,37,40H,6-10,12,18,20-21H2,1-5H3/p+1/t22-,23-,26?,29-,30-/m0/s1. The second-order valence-electron chi connectivity index (χ2n) is 10.9. The number of phenolic OH excluding ortho intramolecular Hbond substituents is 1. The highest BCUT2D eigenvalue weighted by Crippen LogP contribution is 2.31. The number of aromatic hydroxyl groups is 1. The number of aliphatic hydroxyl groups is 3. The van der Waals surface area contributed by atoms with Crippen LogP contribution >= 0.6 is 0 Å². The normalized spacial score (nSPS) is 19.6. The van der Waals surface area contributed by atoms with Crippen LogP contribution in [0.5, 0.6) is 11.5 Å². The molecule has 0 radical (unpaired) electrons. The summed E-state index contributed by atoms with van der Waals surface area (Å²) in [5, 5.41) is 30.4. The SMILES string of the molecule is CCCCC1C=C[C-](CCc2ccc(O)c(OC[C@H](NCC)C3=C[C+]([C@H](C)[C@H](CNC)NC[C@H](C)O)C=N3)c2)[OH+]1. The van der Waals surface area contributed by atoms with E-state index in [-0.39, 0.29) is 23.8 Å². The maximum atomic E-state index is 10.5. The topological polar surface area (TPSA) is 111 Å². The minimum atomic E-state index is -0.402. The average molecular weight is 556 g/mol. The number of rotatable bonds is 19. The van der Waals surface area contributed by atoms with Gasteiger partial charge in [-0.25, -0.2) is 0 Å². The van der Waals surface area contributed by atoms with E-state index in [0.717, 1.165) is 55.6 Å². The summed E-state index contributed by atoms with van der Waals surface area (Å²) in [4.78, 5) is 4.72. The van der Waals surface area contributed by atoms with Gasteiger partial charge in [0.2, 0.25) is 0 Å². The lowest BCUT2D eigenvalue weighted by Gasteiger charge is -2.24. The third-order valence-electron chi connectivity index (χ3n) is 7.51. The first-order valence-electron chi connectivity index (χ1n) is 15.0. The number of nitrogens with one attached hydrogen (secondary N) is 3. The molecule has 0 fully saturated rings. The van der Waals surface area contributed by atoms with Gasteiger partial charge in [-0.2, -0.15) is 0 Å². The number of aryl methyl sites for hydroxylation is 1. The van der Waals surface area contributed by atoms with E-state index >= 15 is 0 Å². The summed E-state index contributed by atoms with van der Waals surface area (Å²) in [5.41, 5.74) is 2.03. The van der Waals surface area contributed by atoms with E-state index in [0.29, 0.717) is 25.0 Å². The summed E-state index contributed by atoms with van der Waals surface area (Å²) in [6, 6.07) is 5.66. The molecule has 2 aliphatic heterocycles. The molecule has 2 heterocycles. The number of aliphatic imine (C=N–C) groups is 1. The lowest BCUT2D eigenvalue weighted by atomic mass is 9.88. The predicted octanol–water partition coefficient (Wildman–Crippen LogP) is 3.61. The third-order valence-corrected chi connectivity index (χ3v) is 7.51. The van der Waals surface area contributed by atoms with Crippen LogP contribution in [-0.2, 0) is 6.42 Å². The number of likely N-dealkylation sites (N-methyl/N-ethyl adjacent to an activating group) is 2. The first kappa shape index (κ1) is 32.0. The number of ether oxygens (including phenoxy) is 2. The quantitative estimate of drug-likeness (QED) is 0.132. The van der Waals surface area contributed by atoms with E-state index in [4.69, 9.17) is 14.5 Å². The molecule has 5 atom stereocenters. The lowest BCUT2D eigenvalue weighted by Crippen LogP contribution is -2.46. The van der Waals surface area contributed by atoms with Gasteiger partial charge in [0.15, 0.2) is 23.2 Å². The van der Waals surface area contributed by atoms with E-state index in [1.54, 1.807) is 13.0 Å². The fraction of sp³-hybridized carbons (Fsp3) is 0.594. The van der Waals surface area contributed by atoms with Crippen LogP contribution in [0.1, 0.15) is 58.9 Å². The molecule has 8 heteroatoms. The molecule has 0 amide bonds. The Morgan fingerprint density at radius 3 is 2.75 bits per heavy atom. The van der Waals surface area contributed by atoms with E-state index < -0.39 is 6.10 Å². The number of benzene rings is 1. The van der Waals surface area contributed by atoms with Gasteiger partial charge in [0, 0.05) is 25.6 Å². The fourth-order valence-corrected chi connectivity index (χ4v) is 5.05. The first-order chi connectivity index (χ1) is 19.3. The number of hydrogen-bond acceptors (Lipinski definition) is 7. The summed E-state index contributed by atoms with van der Waals surface area (Å²) >= 11 is 0. The Labute approximate surface area is 241 Å². The average Bonchev–Trinajstić information content (AvgIpc) is 3.62. The monoisotopic (exact) mass is 555 g/mol. The van der Waals surface area contributed by atoms with Gasteiger partial charge in [0.25, 0.3) is 0 Å². The molecule has 0 saturated heterocycles. The van der Waals surface area contributed by atoms with E-state index in [1.807, 2.05) is 25.4 Å². The summed E-state index contributed by atoms with van der Waals surface area (Å²) in [6.07, 6.45) is 14.8. The van der Waals surface area contributed by atoms with Crippen LogP contribution in [0.4, 0.5) is 0 Å². The molecule has 0 bridgehead atoms. The van der Waals surface area contributed by atoms with E-state index in [2.05, 4.69) is 54.9 Å². The van der Waals surface area contributed by atoms with Crippen molar-refractivity contribution in [1.29, 1.82) is 0 Å². The molecule has 1 aromatic rings. The molecule has 1 unspecified atom stereocenters. The first-order valence-corrected chi connectivity index (χ1v) is 15.0. The number of nitrogens with zero attached hydrogens (tertiary/aromatic N) is 1. The van der Waals surface area contributed by atoms with Gasteiger partial charge in [0.1, 0.15) is 30.9 Å². The zero-order chi connectivity index (χ0) is 28.9. The highest BCUT2D eigenvalue weighted by atomic mass is 16.5. The van der Waals surface area contributed by atoms with Crippen molar-refractivity contribution >= 4 is 6.21 Å². The number of phenols is 1. The van der Waals surface area contributed by atoms with Gasteiger partial charge < -0.3 is 30.3 Å². The van der Waals surface area contributed by atoms with Gasteiger partial charge >= 0.3 is 0 Å². The van der Waals surface area contributed by atoms with Crippen molar-refractivity contribution in [2.24, 2.45) is 10.9 Å². The Bertz CT molecular complexity index is 980. The van der Waals surface area contributed by atoms with Crippen molar-refractivity contribution in [2.75, 3.05) is 33.3 Å². The van der Waals surface area contributed by atoms with Gasteiger partial charge in [-0.3, -0.25) is 5.32 Å². The van der Waals surface area contributed by atoms with E-state index in [1.165, 1.54) is 12.8 Å². The maximum Gasteiger partial charge on any atom is 0.196 e. The van der Waals surface area contributed by atoms with Crippen LogP contribution in [-0.4, -0.2) is 78.7 Å². The van der Waals surface area contributed by atoms with Crippen LogP contribution in [0.25, 0.3) is 0 Å². The molecule has 222 valence electrons. The summed E-state index contributed by atoms with van der Waals surface area (Å²) in [6.45, 7) is 10.7. The number of unbranched alkanes of at least 4 members (excludes halogenated alkanes) is 1. The smallest absolute Gasteiger partial charge is 0.196 e. The highest BCUT2D eigenvalue weighted by Gasteiger charge is 2.36. The zero-order valence-electron chi connectivity index (χ0n) is 25.0. The largest absolute Gasteiger partial charge is 0.504 e. The number of aliphatic hydroxyl groups excluding tert-OH is 1. The van der Waals surface area contributed by atoms with Crippen molar-refractivity contribution in [3.05, 3.63) is 59.7 Å². The van der Waals surface area contributed by atoms with Gasteiger partial charge in [-0.05, 0) is 64.4 Å². The van der Waals surface area contributed by atoms with Crippen LogP contribution in [0.15, 0.2) is 47.1 Å². The van der Waals surface area contributed by atoms with Gasteiger partial charge in [-0.15, -0.1) is 17.1 Å². The molecular weight excluding hydrogens is 504 g/mol. The van der Waals surface area contributed by atoms with Gasteiger partial charge in [0.05, 0.1) is 18.1 Å². The lowest BCUT2D eigenvalue weighted by molar-refractivity contribution is -0.0480. The van der Waals surface area contributed by atoms with Gasteiger partial charge in [-0.1, -0.05) is 26.3 Å². The third kappa shape index (κ3) is 9.85. The maximum absolute atomic E-state index is 10.5. The van der Waals surface area contributed by atoms with Crippen molar-refractivity contribution in [3.63, 3.8) is 0 Å². The summed E-state index contributed by atoms with van der Waals surface area (Å²) in [5.74, 6) is 1.97. The fourth-order valence-electron chi connectivity index (χ4n) is 5.05. The number of hydrogen-bond donors (Lipinski definition) is 5. The molecule has 3 rings (SSSR count). The van der Waals surface area contributed by atoms with Crippen molar-refractivity contribution < 1.29 is 19.7 Å². The van der Waals surface area contributed by atoms with E-state index in [9.17, 15) is 10.2 Å². The molecule has 0 spiro atoms. The number of allylic oxidation sites excluding steroid dienone is 1. The van der Waals surface area contributed by atoms with Crippen molar-refractivity contribution in [2.45, 2.75) is 84.1 Å². The summed E-state index contributed by atoms with van der Waals surface area (Å²) < 4.78 is 11.0. The van der Waals surface area contributed by atoms with Crippen molar-refractivity contribution in [3.8, 4) is 11.5 Å². The Morgan fingerprint density at radius 1 is 1.20 bits per heavy atom. The summed E-state index contributed by atoms with van der Waals surface area (Å²) in [7, 11) is 1.94. The predicted molar refractivity (Wildman–Crippen MR) is 164 cm³/mol.